The third kappa shape index (κ3) is 17.7. The molecule has 0 aliphatic rings. The van der Waals surface area contributed by atoms with Crippen LogP contribution in [0.1, 0.15) is 41.5 Å². The Morgan fingerprint density at radius 2 is 1.09 bits per heavy atom. The van der Waals surface area contributed by atoms with Crippen LogP contribution in [-0.4, -0.2) is 13.2 Å². The lowest BCUT2D eigenvalue weighted by Crippen LogP contribution is -1.84. The van der Waals surface area contributed by atoms with Gasteiger partial charge in [-0.3, -0.25) is 0 Å². The number of allylic oxidation sites excluding steroid dienone is 2. The average molecular weight is 158 g/mol. The summed E-state index contributed by atoms with van der Waals surface area (Å²) < 4.78 is 4.83. The Bertz CT molecular complexity index is 83.4. The molecule has 0 heterocycles. The molecule has 0 bridgehead atoms. The Kier molecular flexibility index (Phi) is 11.7. The lowest BCUT2D eigenvalue weighted by Gasteiger charge is -1.88. The maximum atomic E-state index is 4.83. The zero-order valence-electron chi connectivity index (χ0n) is 8.82. The third-order valence-electron chi connectivity index (χ3n) is 1.41. The number of hydrogen-bond donors (Lipinski definition) is 0. The first-order valence-corrected chi connectivity index (χ1v) is 4.24. The van der Waals surface area contributed by atoms with Crippen LogP contribution >= 0.6 is 0 Å². The van der Waals surface area contributed by atoms with Gasteiger partial charge >= 0.3 is 0 Å². The van der Waals surface area contributed by atoms with Crippen LogP contribution in [0.2, 0.25) is 0 Å². The fraction of sp³-hybridized carbons (Fsp3) is 0.800. The van der Waals surface area contributed by atoms with Gasteiger partial charge in [0.25, 0.3) is 0 Å². The minimum atomic E-state index is 0.844. The summed E-state index contributed by atoms with van der Waals surface area (Å²) in [5.41, 5.74) is 2.85. The molecule has 0 amide bonds. The van der Waals surface area contributed by atoms with Gasteiger partial charge in [-0.15, -0.1) is 0 Å². The van der Waals surface area contributed by atoms with Crippen molar-refractivity contribution in [3.8, 4) is 0 Å². The highest BCUT2D eigenvalue weighted by molar-refractivity contribution is 5.02. The van der Waals surface area contributed by atoms with E-state index in [0.29, 0.717) is 0 Å². The highest BCUT2D eigenvalue weighted by atomic mass is 16.5. The van der Waals surface area contributed by atoms with Crippen molar-refractivity contribution in [3.63, 3.8) is 0 Å². The average Bonchev–Trinajstić information content (AvgIpc) is 1.90. The molecular formula is C10H22O. The molecule has 1 nitrogen and oxygen atoms in total. The van der Waals surface area contributed by atoms with Crippen molar-refractivity contribution in [3.05, 3.63) is 11.1 Å². The topological polar surface area (TPSA) is 9.23 Å². The highest BCUT2D eigenvalue weighted by Gasteiger charge is 1.75. The fourth-order valence-corrected chi connectivity index (χ4v) is 0.204. The first-order valence-electron chi connectivity index (χ1n) is 4.24. The molecule has 0 saturated carbocycles. The van der Waals surface area contributed by atoms with Gasteiger partial charge in [0.1, 0.15) is 0 Å². The predicted octanol–water partition coefficient (Wildman–Crippen LogP) is 3.41. The molecule has 0 radical (unpaired) electrons. The third-order valence-corrected chi connectivity index (χ3v) is 1.41. The maximum Gasteiger partial charge on any atom is 0.0437 e. The highest BCUT2D eigenvalue weighted by Crippen LogP contribution is 1.96. The van der Waals surface area contributed by atoms with Crippen LogP contribution in [0.4, 0.5) is 0 Å². The van der Waals surface area contributed by atoms with E-state index >= 15 is 0 Å². The second-order valence-corrected chi connectivity index (χ2v) is 2.78. The fourth-order valence-electron chi connectivity index (χ4n) is 0.204. The first kappa shape index (κ1) is 13.3. The summed E-state index contributed by atoms with van der Waals surface area (Å²) in [5.74, 6) is 0. The molecule has 0 atom stereocenters. The van der Waals surface area contributed by atoms with E-state index in [-0.39, 0.29) is 0 Å². The lowest BCUT2D eigenvalue weighted by molar-refractivity contribution is 0.162. The first-order chi connectivity index (χ1) is 5.06. The Hall–Kier alpha value is -0.300. The molecular weight excluding hydrogens is 136 g/mol. The van der Waals surface area contributed by atoms with Crippen molar-refractivity contribution >= 4 is 0 Å². The molecule has 0 rings (SSSR count). The molecule has 0 spiro atoms. The largest absolute Gasteiger partial charge is 0.382 e. The standard InChI is InChI=1S/C6H12.C4H10O/c1-5(2)6(3)4;1-3-5-4-2/h1-4H3;3-4H2,1-2H3. The van der Waals surface area contributed by atoms with Gasteiger partial charge in [-0.25, -0.2) is 0 Å². The van der Waals surface area contributed by atoms with E-state index < -0.39 is 0 Å². The normalized spacial score (nSPS) is 8.18. The minimum absolute atomic E-state index is 0.844. The Balaban J connectivity index is 0. The van der Waals surface area contributed by atoms with Crippen LogP contribution in [0.25, 0.3) is 0 Å². The van der Waals surface area contributed by atoms with E-state index in [2.05, 4.69) is 27.7 Å². The maximum absolute atomic E-state index is 4.83. The molecule has 0 aliphatic heterocycles. The SMILES string of the molecule is CC(C)=C(C)C.CCOCC. The molecule has 0 aromatic heterocycles. The van der Waals surface area contributed by atoms with Crippen molar-refractivity contribution in [2.75, 3.05) is 13.2 Å². The monoisotopic (exact) mass is 158 g/mol. The summed E-state index contributed by atoms with van der Waals surface area (Å²) in [4.78, 5) is 0. The van der Waals surface area contributed by atoms with Crippen molar-refractivity contribution < 1.29 is 4.74 Å². The van der Waals surface area contributed by atoms with Crippen molar-refractivity contribution in [1.29, 1.82) is 0 Å². The summed E-state index contributed by atoms with van der Waals surface area (Å²) in [5, 5.41) is 0. The quantitative estimate of drug-likeness (QED) is 0.560. The van der Waals surface area contributed by atoms with E-state index in [4.69, 9.17) is 4.74 Å². The summed E-state index contributed by atoms with van der Waals surface area (Å²) >= 11 is 0. The summed E-state index contributed by atoms with van der Waals surface area (Å²) in [6, 6.07) is 0. The van der Waals surface area contributed by atoms with E-state index in [1.54, 1.807) is 0 Å². The van der Waals surface area contributed by atoms with Gasteiger partial charge in [0.15, 0.2) is 0 Å². The molecule has 0 fully saturated rings. The van der Waals surface area contributed by atoms with Gasteiger partial charge < -0.3 is 4.74 Å². The number of ether oxygens (including phenoxy) is 1. The van der Waals surface area contributed by atoms with Gasteiger partial charge in [-0.1, -0.05) is 11.1 Å². The van der Waals surface area contributed by atoms with Gasteiger partial charge in [-0.05, 0) is 41.5 Å². The van der Waals surface area contributed by atoms with Crippen LogP contribution < -0.4 is 0 Å². The Morgan fingerprint density at radius 3 is 1.09 bits per heavy atom. The second-order valence-electron chi connectivity index (χ2n) is 2.78. The van der Waals surface area contributed by atoms with Gasteiger partial charge in [-0.2, -0.15) is 0 Å². The molecule has 1 heteroatoms. The molecule has 11 heavy (non-hydrogen) atoms. The summed E-state index contributed by atoms with van der Waals surface area (Å²) in [6.45, 7) is 14.1. The Morgan fingerprint density at radius 1 is 0.818 bits per heavy atom. The molecule has 0 unspecified atom stereocenters. The van der Waals surface area contributed by atoms with Crippen LogP contribution in [0.3, 0.4) is 0 Å². The molecule has 0 N–H and O–H groups in total. The van der Waals surface area contributed by atoms with Crippen LogP contribution in [0.15, 0.2) is 11.1 Å². The molecule has 0 aliphatic carbocycles. The molecule has 0 saturated heterocycles. The number of rotatable bonds is 2. The van der Waals surface area contributed by atoms with Crippen LogP contribution in [-0.2, 0) is 4.74 Å². The van der Waals surface area contributed by atoms with Crippen LogP contribution in [0.5, 0.6) is 0 Å². The Labute approximate surface area is 71.5 Å². The summed E-state index contributed by atoms with van der Waals surface area (Å²) in [7, 11) is 0. The van der Waals surface area contributed by atoms with Gasteiger partial charge in [0.05, 0.1) is 0 Å². The van der Waals surface area contributed by atoms with Crippen LogP contribution in [0, 0.1) is 0 Å². The molecule has 68 valence electrons. The zero-order chi connectivity index (χ0) is 9.28. The lowest BCUT2D eigenvalue weighted by atomic mass is 10.2. The van der Waals surface area contributed by atoms with E-state index in [1.807, 2.05) is 13.8 Å². The smallest absolute Gasteiger partial charge is 0.0437 e. The number of hydrogen-bond acceptors (Lipinski definition) is 1. The van der Waals surface area contributed by atoms with E-state index in [9.17, 15) is 0 Å². The zero-order valence-corrected chi connectivity index (χ0v) is 8.82. The minimum Gasteiger partial charge on any atom is -0.382 e. The van der Waals surface area contributed by atoms with Crippen molar-refractivity contribution in [1.82, 2.24) is 0 Å². The predicted molar refractivity (Wildman–Crippen MR) is 51.9 cm³/mol. The van der Waals surface area contributed by atoms with Gasteiger partial charge in [0, 0.05) is 13.2 Å². The molecule has 0 aromatic carbocycles. The van der Waals surface area contributed by atoms with Gasteiger partial charge in [0.2, 0.25) is 0 Å². The van der Waals surface area contributed by atoms with Crippen molar-refractivity contribution in [2.24, 2.45) is 0 Å². The molecule has 0 aromatic rings. The van der Waals surface area contributed by atoms with E-state index in [0.717, 1.165) is 13.2 Å². The second kappa shape index (κ2) is 9.70. The summed E-state index contributed by atoms with van der Waals surface area (Å²) in [6.07, 6.45) is 0. The van der Waals surface area contributed by atoms with E-state index in [1.165, 1.54) is 11.1 Å². The van der Waals surface area contributed by atoms with Crippen molar-refractivity contribution in [2.45, 2.75) is 41.5 Å².